The van der Waals surface area contributed by atoms with Crippen LogP contribution in [0, 0.1) is 5.92 Å². The molecule has 0 bridgehead atoms. The fourth-order valence-corrected chi connectivity index (χ4v) is 4.38. The van der Waals surface area contributed by atoms with Gasteiger partial charge in [0.05, 0.1) is 4.90 Å². The summed E-state index contributed by atoms with van der Waals surface area (Å²) in [5.41, 5.74) is 6.36. The summed E-state index contributed by atoms with van der Waals surface area (Å²) < 4.78 is 27.8. The number of rotatable bonds is 6. The quantitative estimate of drug-likeness (QED) is 0.736. The maximum absolute atomic E-state index is 12.5. The van der Waals surface area contributed by atoms with Crippen molar-refractivity contribution in [2.75, 3.05) is 11.9 Å². The molecule has 2 rings (SSSR count). The number of benzene rings is 1. The van der Waals surface area contributed by atoms with Crippen LogP contribution in [0.5, 0.6) is 0 Å². The van der Waals surface area contributed by atoms with Crippen molar-refractivity contribution in [3.8, 4) is 0 Å². The average Bonchev–Trinajstić information content (AvgIpc) is 2.53. The van der Waals surface area contributed by atoms with Gasteiger partial charge in [0.25, 0.3) is 0 Å². The van der Waals surface area contributed by atoms with Gasteiger partial charge in [0.2, 0.25) is 15.9 Å². The minimum Gasteiger partial charge on any atom is -0.329 e. The molecule has 7 heteroatoms. The molecular weight excluding hydrogens is 314 g/mol. The molecule has 0 spiro atoms. The largest absolute Gasteiger partial charge is 0.329 e. The lowest BCUT2D eigenvalue weighted by Crippen LogP contribution is -2.45. The Bertz CT molecular complexity index is 622. The smallest absolute Gasteiger partial charge is 0.240 e. The van der Waals surface area contributed by atoms with E-state index in [9.17, 15) is 13.2 Å². The standard InChI is InChI=1S/C16H25N3O3S/c1-12(20)18-14-7-9-15(10-8-14)23(21,22)19-16(11-17)13-5-3-2-4-6-13/h7-10,13,16,19H,2-6,11,17H2,1H3,(H,18,20). The number of anilines is 1. The molecule has 23 heavy (non-hydrogen) atoms. The summed E-state index contributed by atoms with van der Waals surface area (Å²) in [5.74, 6) is 0.112. The van der Waals surface area contributed by atoms with Crippen molar-refractivity contribution in [1.82, 2.24) is 4.72 Å². The highest BCUT2D eigenvalue weighted by Gasteiger charge is 2.27. The second-order valence-electron chi connectivity index (χ2n) is 6.07. The summed E-state index contributed by atoms with van der Waals surface area (Å²) in [6.07, 6.45) is 5.52. The van der Waals surface area contributed by atoms with Gasteiger partial charge in [-0.05, 0) is 43.0 Å². The predicted octanol–water partition coefficient (Wildman–Crippen LogP) is 1.83. The number of carbonyl (C=O) groups excluding carboxylic acids is 1. The topological polar surface area (TPSA) is 101 Å². The Balaban J connectivity index is 2.08. The van der Waals surface area contributed by atoms with Crippen molar-refractivity contribution in [3.63, 3.8) is 0 Å². The van der Waals surface area contributed by atoms with E-state index in [2.05, 4.69) is 10.0 Å². The number of amides is 1. The number of hydrogen-bond donors (Lipinski definition) is 3. The molecule has 1 amide bonds. The van der Waals surface area contributed by atoms with Crippen LogP contribution in [0.25, 0.3) is 0 Å². The summed E-state index contributed by atoms with van der Waals surface area (Å²) in [5, 5.41) is 2.61. The first-order chi connectivity index (χ1) is 10.9. The molecule has 1 unspecified atom stereocenters. The third kappa shape index (κ3) is 5.02. The Labute approximate surface area is 137 Å². The first-order valence-electron chi connectivity index (χ1n) is 8.02. The predicted molar refractivity (Wildman–Crippen MR) is 90.5 cm³/mol. The van der Waals surface area contributed by atoms with Gasteiger partial charge in [-0.3, -0.25) is 4.79 Å². The molecule has 1 atom stereocenters. The lowest BCUT2D eigenvalue weighted by atomic mass is 9.84. The number of carbonyl (C=O) groups is 1. The van der Waals surface area contributed by atoms with E-state index in [1.54, 1.807) is 12.1 Å². The maximum Gasteiger partial charge on any atom is 0.240 e. The van der Waals surface area contributed by atoms with Gasteiger partial charge in [-0.2, -0.15) is 0 Å². The van der Waals surface area contributed by atoms with Crippen molar-refractivity contribution in [3.05, 3.63) is 24.3 Å². The Hall–Kier alpha value is -1.44. The van der Waals surface area contributed by atoms with Gasteiger partial charge in [0.1, 0.15) is 0 Å². The first-order valence-corrected chi connectivity index (χ1v) is 9.51. The zero-order valence-corrected chi connectivity index (χ0v) is 14.2. The molecule has 1 aliphatic rings. The van der Waals surface area contributed by atoms with E-state index in [-0.39, 0.29) is 16.8 Å². The highest BCUT2D eigenvalue weighted by atomic mass is 32.2. The van der Waals surface area contributed by atoms with Crippen molar-refractivity contribution in [1.29, 1.82) is 0 Å². The SMILES string of the molecule is CC(=O)Nc1ccc(S(=O)(=O)NC(CN)C2CCCCC2)cc1. The van der Waals surface area contributed by atoms with Crippen LogP contribution >= 0.6 is 0 Å². The van der Waals surface area contributed by atoms with Gasteiger partial charge in [0.15, 0.2) is 0 Å². The summed E-state index contributed by atoms with van der Waals surface area (Å²) >= 11 is 0. The molecule has 1 aromatic carbocycles. The Kier molecular flexibility index (Phi) is 6.15. The van der Waals surface area contributed by atoms with Crippen molar-refractivity contribution < 1.29 is 13.2 Å². The third-order valence-corrected chi connectivity index (χ3v) is 5.77. The number of nitrogens with two attached hydrogens (primary N) is 1. The van der Waals surface area contributed by atoms with E-state index in [1.165, 1.54) is 25.5 Å². The van der Waals surface area contributed by atoms with Crippen molar-refractivity contribution in [2.24, 2.45) is 11.7 Å². The van der Waals surface area contributed by atoms with Gasteiger partial charge < -0.3 is 11.1 Å². The van der Waals surface area contributed by atoms with E-state index in [1.807, 2.05) is 0 Å². The van der Waals surface area contributed by atoms with E-state index >= 15 is 0 Å². The van der Waals surface area contributed by atoms with E-state index in [0.717, 1.165) is 25.7 Å². The second-order valence-corrected chi connectivity index (χ2v) is 7.78. The van der Waals surface area contributed by atoms with Gasteiger partial charge in [0, 0.05) is 25.2 Å². The summed E-state index contributed by atoms with van der Waals surface area (Å²) in [7, 11) is -3.61. The molecular formula is C16H25N3O3S. The van der Waals surface area contributed by atoms with Crippen LogP contribution in [-0.4, -0.2) is 26.9 Å². The number of hydrogen-bond acceptors (Lipinski definition) is 4. The first kappa shape index (κ1) is 17.9. The normalized spacial score (nSPS) is 17.7. The average molecular weight is 339 g/mol. The van der Waals surface area contributed by atoms with E-state index < -0.39 is 10.0 Å². The minimum absolute atomic E-state index is 0.181. The molecule has 1 fully saturated rings. The van der Waals surface area contributed by atoms with Gasteiger partial charge in [-0.25, -0.2) is 13.1 Å². The van der Waals surface area contributed by atoms with Gasteiger partial charge in [-0.15, -0.1) is 0 Å². The summed E-state index contributed by atoms with van der Waals surface area (Å²) in [4.78, 5) is 11.2. The fraction of sp³-hybridized carbons (Fsp3) is 0.562. The fourth-order valence-electron chi connectivity index (χ4n) is 3.06. The molecule has 128 valence electrons. The molecule has 0 aromatic heterocycles. The second kappa shape index (κ2) is 7.90. The number of nitrogens with one attached hydrogen (secondary N) is 2. The molecule has 6 nitrogen and oxygen atoms in total. The zero-order valence-electron chi connectivity index (χ0n) is 13.4. The number of sulfonamides is 1. The minimum atomic E-state index is -3.61. The molecule has 0 radical (unpaired) electrons. The van der Waals surface area contributed by atoms with Crippen molar-refractivity contribution in [2.45, 2.75) is 50.0 Å². The molecule has 0 heterocycles. The zero-order chi connectivity index (χ0) is 16.9. The Morgan fingerprint density at radius 2 is 1.83 bits per heavy atom. The Morgan fingerprint density at radius 3 is 2.35 bits per heavy atom. The van der Waals surface area contributed by atoms with E-state index in [4.69, 9.17) is 5.73 Å². The summed E-state index contributed by atoms with van der Waals surface area (Å²) in [6.45, 7) is 1.70. The maximum atomic E-state index is 12.5. The molecule has 0 saturated heterocycles. The van der Waals surface area contributed by atoms with Crippen LogP contribution in [0.15, 0.2) is 29.2 Å². The lowest BCUT2D eigenvalue weighted by molar-refractivity contribution is -0.114. The van der Waals surface area contributed by atoms with Crippen LogP contribution < -0.4 is 15.8 Å². The molecule has 1 aliphatic carbocycles. The molecule has 1 aromatic rings. The third-order valence-electron chi connectivity index (χ3n) is 4.26. The molecule has 4 N–H and O–H groups in total. The van der Waals surface area contributed by atoms with Gasteiger partial charge in [-0.1, -0.05) is 19.3 Å². The monoisotopic (exact) mass is 339 g/mol. The van der Waals surface area contributed by atoms with Crippen LogP contribution in [0.3, 0.4) is 0 Å². The van der Waals surface area contributed by atoms with Crippen molar-refractivity contribution >= 4 is 21.6 Å². The molecule has 0 aliphatic heterocycles. The molecule has 1 saturated carbocycles. The summed E-state index contributed by atoms with van der Waals surface area (Å²) in [6, 6.07) is 5.90. The highest BCUT2D eigenvalue weighted by Crippen LogP contribution is 2.27. The van der Waals surface area contributed by atoms with Crippen LogP contribution in [0.1, 0.15) is 39.0 Å². The lowest BCUT2D eigenvalue weighted by Gasteiger charge is -2.29. The highest BCUT2D eigenvalue weighted by molar-refractivity contribution is 7.89. The van der Waals surface area contributed by atoms with Crippen LogP contribution in [-0.2, 0) is 14.8 Å². The van der Waals surface area contributed by atoms with E-state index in [0.29, 0.717) is 18.2 Å². The van der Waals surface area contributed by atoms with Crippen LogP contribution in [0.4, 0.5) is 5.69 Å². The Morgan fingerprint density at radius 1 is 1.22 bits per heavy atom. The van der Waals surface area contributed by atoms with Crippen LogP contribution in [0.2, 0.25) is 0 Å². The van der Waals surface area contributed by atoms with Gasteiger partial charge >= 0.3 is 0 Å².